The number of hydrogen-bond acceptors (Lipinski definition) is 4. The third-order valence-corrected chi connectivity index (χ3v) is 4.64. The minimum Gasteiger partial charge on any atom is -0.348 e. The Balaban J connectivity index is 1.68. The van der Waals surface area contributed by atoms with Gasteiger partial charge in [0.05, 0.1) is 16.8 Å². The minimum atomic E-state index is -0.596. The molecular formula is C22H19N5O3. The summed E-state index contributed by atoms with van der Waals surface area (Å²) in [5.41, 5.74) is 2.77. The fourth-order valence-electron chi connectivity index (χ4n) is 3.02. The molecule has 0 bridgehead atoms. The van der Waals surface area contributed by atoms with Crippen molar-refractivity contribution in [2.45, 2.75) is 13.5 Å². The van der Waals surface area contributed by atoms with E-state index in [4.69, 9.17) is 0 Å². The van der Waals surface area contributed by atoms with Gasteiger partial charge >= 0.3 is 5.69 Å². The van der Waals surface area contributed by atoms with Crippen LogP contribution in [0.2, 0.25) is 0 Å². The quantitative estimate of drug-likeness (QED) is 0.476. The van der Waals surface area contributed by atoms with Gasteiger partial charge in [0, 0.05) is 24.5 Å². The predicted molar refractivity (Wildman–Crippen MR) is 113 cm³/mol. The Morgan fingerprint density at radius 2 is 1.80 bits per heavy atom. The Kier molecular flexibility index (Phi) is 5.13. The summed E-state index contributed by atoms with van der Waals surface area (Å²) < 4.78 is 1.66. The van der Waals surface area contributed by atoms with Crippen molar-refractivity contribution in [3.05, 3.63) is 105 Å². The Morgan fingerprint density at radius 3 is 2.50 bits per heavy atom. The normalized spacial score (nSPS) is 10.7. The van der Waals surface area contributed by atoms with E-state index in [0.29, 0.717) is 11.3 Å². The van der Waals surface area contributed by atoms with Gasteiger partial charge in [-0.2, -0.15) is 5.10 Å². The average Bonchev–Trinajstić information content (AvgIpc) is 3.20. The maximum absolute atomic E-state index is 12.9. The van der Waals surface area contributed by atoms with Gasteiger partial charge in [0.25, 0.3) is 11.5 Å². The zero-order chi connectivity index (χ0) is 21.1. The summed E-state index contributed by atoms with van der Waals surface area (Å²) in [5, 5.41) is 7.35. The lowest BCUT2D eigenvalue weighted by Gasteiger charge is -2.05. The van der Waals surface area contributed by atoms with Crippen molar-refractivity contribution in [3.8, 4) is 16.9 Å². The van der Waals surface area contributed by atoms with Crippen molar-refractivity contribution in [1.82, 2.24) is 25.1 Å². The Labute approximate surface area is 171 Å². The van der Waals surface area contributed by atoms with E-state index in [0.717, 1.165) is 16.8 Å². The molecule has 0 unspecified atom stereocenters. The van der Waals surface area contributed by atoms with Crippen LogP contribution in [0.5, 0.6) is 0 Å². The molecule has 0 spiro atoms. The Morgan fingerprint density at radius 1 is 1.07 bits per heavy atom. The molecule has 0 aliphatic carbocycles. The Hall–Kier alpha value is -4.20. The van der Waals surface area contributed by atoms with Crippen LogP contribution in [0.15, 0.2) is 76.6 Å². The highest BCUT2D eigenvalue weighted by Gasteiger charge is 2.19. The molecule has 30 heavy (non-hydrogen) atoms. The third-order valence-electron chi connectivity index (χ3n) is 4.64. The lowest BCUT2D eigenvalue weighted by Crippen LogP contribution is -2.30. The molecule has 0 saturated heterocycles. The van der Waals surface area contributed by atoms with Gasteiger partial charge in [0.15, 0.2) is 0 Å². The molecule has 4 rings (SSSR count). The molecule has 0 radical (unpaired) electrons. The number of hydrogen-bond donors (Lipinski definition) is 3. The van der Waals surface area contributed by atoms with Crippen LogP contribution in [-0.2, 0) is 6.54 Å². The van der Waals surface area contributed by atoms with Crippen molar-refractivity contribution < 1.29 is 4.79 Å². The first-order chi connectivity index (χ1) is 14.5. The molecule has 1 amide bonds. The van der Waals surface area contributed by atoms with Crippen molar-refractivity contribution >= 4 is 5.91 Å². The highest BCUT2D eigenvalue weighted by atomic mass is 16.2. The van der Waals surface area contributed by atoms with Crippen LogP contribution in [0.1, 0.15) is 21.5 Å². The molecule has 2 aromatic carbocycles. The van der Waals surface area contributed by atoms with Gasteiger partial charge in [-0.05, 0) is 19.1 Å². The number of benzene rings is 2. The summed E-state index contributed by atoms with van der Waals surface area (Å²) in [6.07, 6.45) is 2.95. The molecule has 0 aliphatic rings. The van der Waals surface area contributed by atoms with E-state index in [9.17, 15) is 14.4 Å². The largest absolute Gasteiger partial charge is 0.348 e. The lowest BCUT2D eigenvalue weighted by atomic mass is 10.1. The molecule has 150 valence electrons. The fraction of sp³-hybridized carbons (Fsp3) is 0.0909. The zero-order valence-corrected chi connectivity index (χ0v) is 16.2. The zero-order valence-electron chi connectivity index (χ0n) is 16.2. The molecule has 8 nitrogen and oxygen atoms in total. The van der Waals surface area contributed by atoms with Crippen molar-refractivity contribution in [3.63, 3.8) is 0 Å². The SMILES string of the molecule is Cc1ccc(-n2cc(C(=O)NCc3c[nH]c(=O)[nH]c3=O)c(-c3ccccc3)n2)cc1. The number of H-pyrrole nitrogens is 2. The van der Waals surface area contributed by atoms with E-state index < -0.39 is 11.2 Å². The van der Waals surface area contributed by atoms with Gasteiger partial charge in [-0.25, -0.2) is 9.48 Å². The number of nitrogens with zero attached hydrogens (tertiary/aromatic N) is 2. The van der Waals surface area contributed by atoms with Crippen LogP contribution < -0.4 is 16.6 Å². The summed E-state index contributed by atoms with van der Waals surface area (Å²) in [7, 11) is 0. The average molecular weight is 401 g/mol. The number of carbonyl (C=O) groups is 1. The van der Waals surface area contributed by atoms with Gasteiger partial charge in [-0.1, -0.05) is 48.0 Å². The number of nitrogens with one attached hydrogen (secondary N) is 3. The van der Waals surface area contributed by atoms with Crippen molar-refractivity contribution in [2.75, 3.05) is 0 Å². The monoisotopic (exact) mass is 401 g/mol. The molecule has 0 saturated carbocycles. The molecule has 0 atom stereocenters. The van der Waals surface area contributed by atoms with Gasteiger partial charge in [0.1, 0.15) is 5.69 Å². The van der Waals surface area contributed by atoms with E-state index in [-0.39, 0.29) is 18.0 Å². The van der Waals surface area contributed by atoms with E-state index in [2.05, 4.69) is 20.4 Å². The van der Waals surface area contributed by atoms with Crippen LogP contribution in [0.3, 0.4) is 0 Å². The lowest BCUT2D eigenvalue weighted by molar-refractivity contribution is 0.0951. The molecule has 0 fully saturated rings. The molecular weight excluding hydrogens is 382 g/mol. The highest BCUT2D eigenvalue weighted by molar-refractivity contribution is 5.99. The molecule has 0 aliphatic heterocycles. The number of aromatic nitrogens is 4. The Bertz CT molecular complexity index is 1300. The first-order valence-electron chi connectivity index (χ1n) is 9.32. The third kappa shape index (κ3) is 3.97. The van der Waals surface area contributed by atoms with E-state index in [1.807, 2.05) is 61.5 Å². The highest BCUT2D eigenvalue weighted by Crippen LogP contribution is 2.23. The number of aryl methyl sites for hydroxylation is 1. The molecule has 8 heteroatoms. The minimum absolute atomic E-state index is 0.0328. The fourth-order valence-corrected chi connectivity index (χ4v) is 3.02. The summed E-state index contributed by atoms with van der Waals surface area (Å²) in [6.45, 7) is 1.97. The predicted octanol–water partition coefficient (Wildman–Crippen LogP) is 2.15. The van der Waals surface area contributed by atoms with E-state index in [1.165, 1.54) is 6.20 Å². The van der Waals surface area contributed by atoms with Gasteiger partial charge in [0.2, 0.25) is 0 Å². The number of carbonyl (C=O) groups excluding carboxylic acids is 1. The maximum Gasteiger partial charge on any atom is 0.325 e. The van der Waals surface area contributed by atoms with Crippen molar-refractivity contribution in [2.24, 2.45) is 0 Å². The number of aromatic amines is 2. The van der Waals surface area contributed by atoms with Crippen LogP contribution in [0.4, 0.5) is 0 Å². The van der Waals surface area contributed by atoms with Crippen LogP contribution in [-0.4, -0.2) is 25.7 Å². The van der Waals surface area contributed by atoms with Gasteiger partial charge in [-0.15, -0.1) is 0 Å². The number of rotatable bonds is 5. The van der Waals surface area contributed by atoms with Crippen molar-refractivity contribution in [1.29, 1.82) is 0 Å². The van der Waals surface area contributed by atoms with Crippen LogP contribution in [0.25, 0.3) is 16.9 Å². The molecule has 4 aromatic rings. The van der Waals surface area contributed by atoms with Crippen LogP contribution in [0, 0.1) is 6.92 Å². The summed E-state index contributed by atoms with van der Waals surface area (Å²) >= 11 is 0. The molecule has 2 heterocycles. The van der Waals surface area contributed by atoms with E-state index in [1.54, 1.807) is 10.9 Å². The first kappa shape index (κ1) is 19.1. The topological polar surface area (TPSA) is 113 Å². The summed E-state index contributed by atoms with van der Waals surface area (Å²) in [6, 6.07) is 17.2. The molecule has 2 aromatic heterocycles. The molecule has 3 N–H and O–H groups in total. The standard InChI is InChI=1S/C22H19N5O3/c1-14-7-9-17(10-8-14)27-13-18(19(26-27)15-5-3-2-4-6-15)21(29)23-11-16-12-24-22(30)25-20(16)28/h2-10,12-13H,11H2,1H3,(H,23,29)(H2,24,25,28,30). The second kappa shape index (κ2) is 8.04. The number of amides is 1. The van der Waals surface area contributed by atoms with Crippen LogP contribution >= 0.6 is 0 Å². The van der Waals surface area contributed by atoms with E-state index >= 15 is 0 Å². The summed E-state index contributed by atoms with van der Waals surface area (Å²) in [4.78, 5) is 40.5. The maximum atomic E-state index is 12.9. The second-order valence-corrected chi connectivity index (χ2v) is 6.82. The van der Waals surface area contributed by atoms with Gasteiger partial charge < -0.3 is 10.3 Å². The second-order valence-electron chi connectivity index (χ2n) is 6.82. The first-order valence-corrected chi connectivity index (χ1v) is 9.32. The summed E-state index contributed by atoms with van der Waals surface area (Å²) in [5.74, 6) is -0.377. The smallest absolute Gasteiger partial charge is 0.325 e. The van der Waals surface area contributed by atoms with Gasteiger partial charge in [-0.3, -0.25) is 14.6 Å².